The van der Waals surface area contributed by atoms with Gasteiger partial charge in [-0.15, -0.1) is 0 Å². The first-order valence-electron chi connectivity index (χ1n) is 4.87. The summed E-state index contributed by atoms with van der Waals surface area (Å²) in [5.74, 6) is -0.710. The molecule has 0 unspecified atom stereocenters. The molecule has 0 saturated carbocycles. The van der Waals surface area contributed by atoms with Gasteiger partial charge in [-0.1, -0.05) is 26.3 Å². The lowest BCUT2D eigenvalue weighted by Gasteiger charge is -2.05. The molecule has 2 amide bonds. The summed E-state index contributed by atoms with van der Waals surface area (Å²) in [5, 5.41) is 2.47. The average molecular weight is 198 g/mol. The molecule has 0 heterocycles. The third kappa shape index (κ3) is 5.35. The standard InChI is InChI=1S/C10H18N2O2/c1-3-5-8(6-4-2)10(14)12-7-9(11)13/h5H,3-4,6-7H2,1-2H3,(H2,11,13)(H,12,14). The highest BCUT2D eigenvalue weighted by atomic mass is 16.2. The summed E-state index contributed by atoms with van der Waals surface area (Å²) in [4.78, 5) is 21.9. The van der Waals surface area contributed by atoms with Crippen LogP contribution in [0.25, 0.3) is 0 Å². The van der Waals surface area contributed by atoms with E-state index in [2.05, 4.69) is 5.32 Å². The van der Waals surface area contributed by atoms with Crippen molar-refractivity contribution in [2.45, 2.75) is 33.1 Å². The molecule has 4 nitrogen and oxygen atoms in total. The highest BCUT2D eigenvalue weighted by molar-refractivity contribution is 5.95. The second-order valence-electron chi connectivity index (χ2n) is 3.04. The Labute approximate surface area is 84.5 Å². The number of carbonyl (C=O) groups is 2. The monoisotopic (exact) mass is 198 g/mol. The van der Waals surface area contributed by atoms with Gasteiger partial charge in [-0.05, 0) is 12.8 Å². The molecule has 0 aliphatic rings. The Morgan fingerprint density at radius 3 is 2.43 bits per heavy atom. The Kier molecular flexibility index (Phi) is 6.45. The molecule has 0 saturated heterocycles. The third-order valence-electron chi connectivity index (χ3n) is 1.68. The van der Waals surface area contributed by atoms with Gasteiger partial charge in [0.2, 0.25) is 11.8 Å². The van der Waals surface area contributed by atoms with Gasteiger partial charge < -0.3 is 11.1 Å². The number of allylic oxidation sites excluding steroid dienone is 1. The van der Waals surface area contributed by atoms with Crippen LogP contribution in [0.2, 0.25) is 0 Å². The van der Waals surface area contributed by atoms with E-state index in [0.29, 0.717) is 0 Å². The van der Waals surface area contributed by atoms with Crippen molar-refractivity contribution in [1.29, 1.82) is 0 Å². The van der Waals surface area contributed by atoms with Crippen molar-refractivity contribution in [3.05, 3.63) is 11.6 Å². The van der Waals surface area contributed by atoms with E-state index in [9.17, 15) is 9.59 Å². The van der Waals surface area contributed by atoms with Gasteiger partial charge in [-0.25, -0.2) is 0 Å². The number of hydrogen-bond acceptors (Lipinski definition) is 2. The number of primary amides is 1. The van der Waals surface area contributed by atoms with Crippen LogP contribution in [0.5, 0.6) is 0 Å². The fourth-order valence-electron chi connectivity index (χ4n) is 1.10. The minimum absolute atomic E-state index is 0.0936. The van der Waals surface area contributed by atoms with Crippen molar-refractivity contribution < 1.29 is 9.59 Å². The van der Waals surface area contributed by atoms with Crippen molar-refractivity contribution in [1.82, 2.24) is 5.32 Å². The topological polar surface area (TPSA) is 72.2 Å². The molecule has 14 heavy (non-hydrogen) atoms. The molecule has 0 aromatic carbocycles. The smallest absolute Gasteiger partial charge is 0.247 e. The number of nitrogens with two attached hydrogens (primary N) is 1. The van der Waals surface area contributed by atoms with Crippen LogP contribution in [0.1, 0.15) is 33.1 Å². The zero-order valence-electron chi connectivity index (χ0n) is 8.80. The molecule has 0 radical (unpaired) electrons. The van der Waals surface area contributed by atoms with E-state index in [-0.39, 0.29) is 12.5 Å². The summed E-state index contributed by atoms with van der Waals surface area (Å²) in [7, 11) is 0. The van der Waals surface area contributed by atoms with E-state index in [1.807, 2.05) is 19.9 Å². The zero-order chi connectivity index (χ0) is 11.0. The molecule has 0 aromatic heterocycles. The van der Waals surface area contributed by atoms with E-state index >= 15 is 0 Å². The van der Waals surface area contributed by atoms with E-state index in [4.69, 9.17) is 5.73 Å². The highest BCUT2D eigenvalue weighted by Crippen LogP contribution is 2.05. The molecule has 0 bridgehead atoms. The molecule has 0 aliphatic heterocycles. The Morgan fingerprint density at radius 2 is 2.00 bits per heavy atom. The van der Waals surface area contributed by atoms with Crippen LogP contribution < -0.4 is 11.1 Å². The van der Waals surface area contributed by atoms with Gasteiger partial charge in [0.25, 0.3) is 0 Å². The fourth-order valence-corrected chi connectivity index (χ4v) is 1.10. The molecule has 0 rings (SSSR count). The average Bonchev–Trinajstić information content (AvgIpc) is 2.14. The van der Waals surface area contributed by atoms with Crippen molar-refractivity contribution >= 4 is 11.8 Å². The predicted molar refractivity (Wildman–Crippen MR) is 55.5 cm³/mol. The van der Waals surface area contributed by atoms with E-state index in [1.54, 1.807) is 0 Å². The van der Waals surface area contributed by atoms with Gasteiger partial charge in [0.05, 0.1) is 6.54 Å². The van der Waals surface area contributed by atoms with Gasteiger partial charge in [0, 0.05) is 5.57 Å². The number of amides is 2. The summed E-state index contributed by atoms with van der Waals surface area (Å²) in [6.45, 7) is 3.88. The molecule has 0 fully saturated rings. The summed E-state index contributed by atoms with van der Waals surface area (Å²) in [5.41, 5.74) is 5.65. The lowest BCUT2D eigenvalue weighted by Crippen LogP contribution is -2.34. The second kappa shape index (κ2) is 7.12. The minimum atomic E-state index is -0.523. The summed E-state index contributed by atoms with van der Waals surface area (Å²) in [6, 6.07) is 0. The maximum Gasteiger partial charge on any atom is 0.247 e. The molecule has 3 N–H and O–H groups in total. The van der Waals surface area contributed by atoms with Crippen LogP contribution in [0, 0.1) is 0 Å². The molecule has 80 valence electrons. The predicted octanol–water partition coefficient (Wildman–Crippen LogP) is 0.724. The van der Waals surface area contributed by atoms with E-state index in [0.717, 1.165) is 24.8 Å². The molecule has 4 heteroatoms. The van der Waals surface area contributed by atoms with Gasteiger partial charge in [0.1, 0.15) is 0 Å². The third-order valence-corrected chi connectivity index (χ3v) is 1.68. The molecular weight excluding hydrogens is 180 g/mol. The Morgan fingerprint density at radius 1 is 1.36 bits per heavy atom. The summed E-state index contributed by atoms with van der Waals surface area (Å²) in [6.07, 6.45) is 4.34. The van der Waals surface area contributed by atoms with Crippen LogP contribution in [0.3, 0.4) is 0 Å². The number of nitrogens with one attached hydrogen (secondary N) is 1. The van der Waals surface area contributed by atoms with Crippen molar-refractivity contribution in [2.75, 3.05) is 6.54 Å². The molecule has 0 atom stereocenters. The molecule has 0 aliphatic carbocycles. The number of hydrogen-bond donors (Lipinski definition) is 2. The van der Waals surface area contributed by atoms with Crippen molar-refractivity contribution in [3.8, 4) is 0 Å². The Balaban J connectivity index is 4.15. The normalized spacial score (nSPS) is 11.1. The molecule has 0 aromatic rings. The zero-order valence-corrected chi connectivity index (χ0v) is 8.80. The van der Waals surface area contributed by atoms with Gasteiger partial charge in [-0.3, -0.25) is 9.59 Å². The van der Waals surface area contributed by atoms with Crippen LogP contribution in [0.15, 0.2) is 11.6 Å². The largest absolute Gasteiger partial charge is 0.368 e. The SMILES string of the molecule is CCC=C(CCC)C(=O)NCC(N)=O. The summed E-state index contributed by atoms with van der Waals surface area (Å²) >= 11 is 0. The van der Waals surface area contributed by atoms with Crippen LogP contribution >= 0.6 is 0 Å². The number of carbonyl (C=O) groups excluding carboxylic acids is 2. The first-order chi connectivity index (χ1) is 6.61. The van der Waals surface area contributed by atoms with Crippen LogP contribution in [-0.2, 0) is 9.59 Å². The van der Waals surface area contributed by atoms with E-state index in [1.165, 1.54) is 0 Å². The van der Waals surface area contributed by atoms with Crippen molar-refractivity contribution in [3.63, 3.8) is 0 Å². The lowest BCUT2D eigenvalue weighted by atomic mass is 10.1. The Bertz CT molecular complexity index is 234. The quantitative estimate of drug-likeness (QED) is 0.617. The van der Waals surface area contributed by atoms with E-state index < -0.39 is 5.91 Å². The van der Waals surface area contributed by atoms with Crippen LogP contribution in [-0.4, -0.2) is 18.4 Å². The van der Waals surface area contributed by atoms with Gasteiger partial charge in [-0.2, -0.15) is 0 Å². The highest BCUT2D eigenvalue weighted by Gasteiger charge is 2.07. The maximum atomic E-state index is 11.4. The molecule has 0 spiro atoms. The second-order valence-corrected chi connectivity index (χ2v) is 3.04. The lowest BCUT2D eigenvalue weighted by molar-refractivity contribution is -0.122. The minimum Gasteiger partial charge on any atom is -0.368 e. The fraction of sp³-hybridized carbons (Fsp3) is 0.600. The summed E-state index contributed by atoms with van der Waals surface area (Å²) < 4.78 is 0. The first-order valence-corrected chi connectivity index (χ1v) is 4.87. The Hall–Kier alpha value is -1.32. The van der Waals surface area contributed by atoms with Crippen molar-refractivity contribution in [2.24, 2.45) is 5.73 Å². The van der Waals surface area contributed by atoms with Crippen LogP contribution in [0.4, 0.5) is 0 Å². The first kappa shape index (κ1) is 12.7. The number of rotatable bonds is 6. The molecular formula is C10H18N2O2. The maximum absolute atomic E-state index is 11.4. The van der Waals surface area contributed by atoms with Gasteiger partial charge >= 0.3 is 0 Å². The van der Waals surface area contributed by atoms with Gasteiger partial charge in [0.15, 0.2) is 0 Å².